The Balaban J connectivity index is 1.34. The van der Waals surface area contributed by atoms with Crippen molar-refractivity contribution in [1.82, 2.24) is 9.88 Å². The van der Waals surface area contributed by atoms with Gasteiger partial charge in [-0.25, -0.2) is 4.98 Å². The Morgan fingerprint density at radius 3 is 2.89 bits per heavy atom. The van der Waals surface area contributed by atoms with Crippen molar-refractivity contribution in [1.29, 1.82) is 0 Å². The molecule has 1 saturated carbocycles. The average molecular weight is 526 g/mol. The second kappa shape index (κ2) is 9.76. The number of anilines is 1. The zero-order chi connectivity index (χ0) is 26.5. The monoisotopic (exact) mass is 525 g/mol. The van der Waals surface area contributed by atoms with E-state index < -0.39 is 6.10 Å². The Labute approximate surface area is 221 Å². The molecule has 0 bridgehead atoms. The molecule has 9 heteroatoms. The number of hydrogen-bond acceptors (Lipinski definition) is 7. The highest BCUT2D eigenvalue weighted by molar-refractivity contribution is 7.15. The molecule has 37 heavy (non-hydrogen) atoms. The largest absolute Gasteiger partial charge is 0.454 e. The first-order valence-corrected chi connectivity index (χ1v) is 13.7. The summed E-state index contributed by atoms with van der Waals surface area (Å²) >= 11 is 1.51. The molecular formula is C28H35N3O5S. The van der Waals surface area contributed by atoms with Crippen LogP contribution in [0.3, 0.4) is 0 Å². The number of fused-ring (bicyclic) bond motifs is 3. The van der Waals surface area contributed by atoms with E-state index >= 15 is 0 Å². The predicted octanol–water partition coefficient (Wildman–Crippen LogP) is 4.46. The number of nitrogens with one attached hydrogen (secondary N) is 1. The smallest absolute Gasteiger partial charge is 0.257 e. The lowest BCUT2D eigenvalue weighted by atomic mass is 9.53. The van der Waals surface area contributed by atoms with Crippen LogP contribution in [-0.4, -0.2) is 53.3 Å². The van der Waals surface area contributed by atoms with Crippen LogP contribution in [0, 0.1) is 23.2 Å². The molecule has 0 radical (unpaired) electrons. The molecule has 3 aliphatic rings. The van der Waals surface area contributed by atoms with Gasteiger partial charge < -0.3 is 19.5 Å². The quantitative estimate of drug-likeness (QED) is 0.540. The third kappa shape index (κ3) is 4.52. The first kappa shape index (κ1) is 25.7. The number of aliphatic hydroxyl groups is 1. The summed E-state index contributed by atoms with van der Waals surface area (Å²) in [6.07, 6.45) is 3.65. The minimum atomic E-state index is -0.605. The number of carbonyl (C=O) groups is 2. The van der Waals surface area contributed by atoms with E-state index in [9.17, 15) is 14.7 Å². The molecular weight excluding hydrogens is 490 g/mol. The normalized spacial score (nSPS) is 28.6. The van der Waals surface area contributed by atoms with E-state index in [0.29, 0.717) is 28.7 Å². The Morgan fingerprint density at radius 2 is 2.14 bits per heavy atom. The maximum Gasteiger partial charge on any atom is 0.257 e. The zero-order valence-corrected chi connectivity index (χ0v) is 22.6. The summed E-state index contributed by atoms with van der Waals surface area (Å²) in [5.41, 5.74) is 1.32. The molecule has 1 fully saturated rings. The first-order chi connectivity index (χ1) is 17.6. The molecule has 2 aromatic rings. The molecule has 1 aliphatic heterocycles. The van der Waals surface area contributed by atoms with Gasteiger partial charge in [-0.2, -0.15) is 0 Å². The highest BCUT2D eigenvalue weighted by Crippen LogP contribution is 2.57. The Bertz CT molecular complexity index is 1230. The molecule has 0 saturated heterocycles. The van der Waals surface area contributed by atoms with Gasteiger partial charge in [-0.15, -0.1) is 17.9 Å². The van der Waals surface area contributed by atoms with Crippen LogP contribution in [0.5, 0.6) is 11.5 Å². The maximum atomic E-state index is 13.0. The van der Waals surface area contributed by atoms with Crippen LogP contribution in [0.4, 0.5) is 5.13 Å². The number of rotatable bonds is 6. The van der Waals surface area contributed by atoms with Gasteiger partial charge in [-0.05, 0) is 54.7 Å². The summed E-state index contributed by atoms with van der Waals surface area (Å²) in [6, 6.07) is 5.12. The van der Waals surface area contributed by atoms with Crippen molar-refractivity contribution in [3.05, 3.63) is 47.0 Å². The van der Waals surface area contributed by atoms with Crippen LogP contribution >= 0.6 is 11.3 Å². The SMILES string of the molecule is C=CCN(C)C(=O)[C@@H](C)C1CC[C@@]2(C)Cc3sc(NC(=O)c4ccc5c(c4)OCO5)nc3[C@@H](C)[C@@H]2[C@H]1O. The fraction of sp³-hybridized carbons (Fsp3) is 0.536. The number of ether oxygens (including phenoxy) is 2. The van der Waals surface area contributed by atoms with Crippen molar-refractivity contribution in [3.8, 4) is 11.5 Å². The summed E-state index contributed by atoms with van der Waals surface area (Å²) in [6.45, 7) is 10.7. The summed E-state index contributed by atoms with van der Waals surface area (Å²) in [5.74, 6) is 0.589. The topological polar surface area (TPSA) is 101 Å². The highest BCUT2D eigenvalue weighted by atomic mass is 32.1. The van der Waals surface area contributed by atoms with Gasteiger partial charge in [-0.3, -0.25) is 14.9 Å². The van der Waals surface area contributed by atoms with Crippen molar-refractivity contribution in [3.63, 3.8) is 0 Å². The fourth-order valence-corrected chi connectivity index (χ4v) is 7.88. The van der Waals surface area contributed by atoms with Crippen molar-refractivity contribution >= 4 is 28.3 Å². The van der Waals surface area contributed by atoms with Crippen LogP contribution in [0.1, 0.15) is 60.5 Å². The van der Waals surface area contributed by atoms with Crippen LogP contribution in [-0.2, 0) is 11.2 Å². The van der Waals surface area contributed by atoms with Gasteiger partial charge in [0.1, 0.15) is 0 Å². The van der Waals surface area contributed by atoms with Gasteiger partial charge in [0.2, 0.25) is 12.7 Å². The predicted molar refractivity (Wildman–Crippen MR) is 142 cm³/mol. The van der Waals surface area contributed by atoms with Crippen LogP contribution in [0.25, 0.3) is 0 Å². The number of aromatic nitrogens is 1. The highest BCUT2D eigenvalue weighted by Gasteiger charge is 2.54. The molecule has 2 heterocycles. The second-order valence-electron chi connectivity index (χ2n) is 11.0. The van der Waals surface area contributed by atoms with Crippen molar-refractivity contribution in [2.75, 3.05) is 25.7 Å². The number of likely N-dealkylation sites (N-methyl/N-ethyl adjacent to an activating group) is 1. The third-order valence-corrected chi connectivity index (χ3v) is 9.57. The number of carbonyl (C=O) groups excluding carboxylic acids is 2. The van der Waals surface area contributed by atoms with Gasteiger partial charge in [0.05, 0.1) is 11.8 Å². The van der Waals surface area contributed by atoms with E-state index in [1.165, 1.54) is 11.3 Å². The third-order valence-electron chi connectivity index (χ3n) is 8.59. The molecule has 198 valence electrons. The summed E-state index contributed by atoms with van der Waals surface area (Å²) in [7, 11) is 1.78. The van der Waals surface area contributed by atoms with E-state index in [1.807, 2.05) is 6.92 Å². The van der Waals surface area contributed by atoms with E-state index in [1.54, 1.807) is 36.2 Å². The molecule has 2 N–H and O–H groups in total. The Morgan fingerprint density at radius 1 is 1.38 bits per heavy atom. The fourth-order valence-electron chi connectivity index (χ4n) is 6.62. The maximum absolute atomic E-state index is 13.0. The van der Waals surface area contributed by atoms with E-state index in [0.717, 1.165) is 29.8 Å². The molecule has 1 aromatic heterocycles. The summed E-state index contributed by atoms with van der Waals surface area (Å²) in [4.78, 5) is 33.6. The number of aliphatic hydroxyl groups excluding tert-OH is 1. The van der Waals surface area contributed by atoms with Crippen LogP contribution in [0.15, 0.2) is 30.9 Å². The lowest BCUT2D eigenvalue weighted by Crippen LogP contribution is -2.53. The number of nitrogens with zero attached hydrogens (tertiary/aromatic N) is 2. The lowest BCUT2D eigenvalue weighted by Gasteiger charge is -2.53. The number of benzene rings is 1. The summed E-state index contributed by atoms with van der Waals surface area (Å²) < 4.78 is 10.7. The van der Waals surface area contributed by atoms with Gasteiger partial charge >= 0.3 is 0 Å². The standard InChI is InChI=1S/C28H35N3O5S/c1-6-11-31(5)26(34)15(2)18-9-10-28(4)13-21-23(16(3)22(28)24(18)32)29-27(37-21)30-25(33)17-7-8-19-20(12-17)36-14-35-19/h6-8,12,15-16,18,22,24,32H,1,9-11,13-14H2,2-5H3,(H,29,30,33)/t15-,16-,18?,22+,24-,28-/m0/s1. The first-order valence-electron chi connectivity index (χ1n) is 12.9. The molecule has 2 amide bonds. The van der Waals surface area contributed by atoms with Gasteiger partial charge in [0.25, 0.3) is 5.91 Å². The van der Waals surface area contributed by atoms with Crippen molar-refractivity contribution in [2.45, 2.75) is 52.1 Å². The van der Waals surface area contributed by atoms with Crippen molar-refractivity contribution < 1.29 is 24.2 Å². The minimum absolute atomic E-state index is 0.00667. The molecule has 5 rings (SSSR count). The van der Waals surface area contributed by atoms with Gasteiger partial charge in [0.15, 0.2) is 16.6 Å². The van der Waals surface area contributed by atoms with Gasteiger partial charge in [-0.1, -0.05) is 26.8 Å². The van der Waals surface area contributed by atoms with E-state index in [2.05, 4.69) is 25.7 Å². The van der Waals surface area contributed by atoms with E-state index in [4.69, 9.17) is 14.5 Å². The second-order valence-corrected chi connectivity index (χ2v) is 12.1. The Kier molecular flexibility index (Phi) is 6.79. The number of hydrogen-bond donors (Lipinski definition) is 2. The van der Waals surface area contributed by atoms with Crippen molar-refractivity contribution in [2.24, 2.45) is 23.2 Å². The number of amides is 2. The summed E-state index contributed by atoms with van der Waals surface area (Å²) in [5, 5.41) is 15.1. The van der Waals surface area contributed by atoms with Crippen LogP contribution in [0.2, 0.25) is 0 Å². The molecule has 1 aromatic carbocycles. The van der Waals surface area contributed by atoms with Gasteiger partial charge in [0, 0.05) is 35.9 Å². The van der Waals surface area contributed by atoms with Crippen LogP contribution < -0.4 is 14.8 Å². The zero-order valence-electron chi connectivity index (χ0n) is 21.8. The molecule has 2 aliphatic carbocycles. The molecule has 6 atom stereocenters. The number of thiazole rings is 1. The average Bonchev–Trinajstić information content (AvgIpc) is 3.49. The molecule has 1 unspecified atom stereocenters. The molecule has 8 nitrogen and oxygen atoms in total. The minimum Gasteiger partial charge on any atom is -0.454 e. The Hall–Kier alpha value is -2.91. The molecule has 0 spiro atoms. The lowest BCUT2D eigenvalue weighted by molar-refractivity contribution is -0.143. The van der Waals surface area contributed by atoms with E-state index in [-0.39, 0.29) is 47.7 Å².